The van der Waals surface area contributed by atoms with E-state index in [4.69, 9.17) is 14.2 Å². The quantitative estimate of drug-likeness (QED) is 0.753. The van der Waals surface area contributed by atoms with Crippen LogP contribution in [0, 0.1) is 0 Å². The molecule has 0 bridgehead atoms. The maximum Gasteiger partial charge on any atom is 0.350 e. The summed E-state index contributed by atoms with van der Waals surface area (Å²) in [5, 5.41) is 0. The molecule has 116 valence electrons. The molecule has 6 nitrogen and oxygen atoms in total. The molecule has 1 aliphatic rings. The summed E-state index contributed by atoms with van der Waals surface area (Å²) in [5.74, 6) is -0.559. The number of hydrogen-bond donors (Lipinski definition) is 0. The molecule has 1 aliphatic heterocycles. The fraction of sp³-hybridized carbons (Fsp3) is 0.538. The highest BCUT2D eigenvalue weighted by molar-refractivity contribution is 9.11. The van der Waals surface area contributed by atoms with Crippen molar-refractivity contribution in [2.24, 2.45) is 0 Å². The van der Waals surface area contributed by atoms with Gasteiger partial charge in [-0.2, -0.15) is 0 Å². The van der Waals surface area contributed by atoms with Crippen molar-refractivity contribution in [3.8, 4) is 0 Å². The Hall–Kier alpha value is -0.960. The van der Waals surface area contributed by atoms with E-state index in [1.807, 2.05) is 0 Å². The minimum Gasteiger partial charge on any atom is -0.465 e. The van der Waals surface area contributed by atoms with Gasteiger partial charge in [0.1, 0.15) is 11.7 Å². The van der Waals surface area contributed by atoms with Crippen molar-refractivity contribution in [3.05, 3.63) is 14.7 Å². The Morgan fingerprint density at radius 2 is 2.14 bits per heavy atom. The first kappa shape index (κ1) is 16.4. The molecule has 1 amide bonds. The number of esters is 1. The molecule has 0 aliphatic carbocycles. The maximum absolute atomic E-state index is 12.3. The van der Waals surface area contributed by atoms with Crippen LogP contribution in [-0.2, 0) is 19.0 Å². The number of rotatable bonds is 4. The maximum atomic E-state index is 12.3. The molecule has 0 spiro atoms. The van der Waals surface area contributed by atoms with Gasteiger partial charge >= 0.3 is 5.97 Å². The molecule has 1 aromatic rings. The van der Waals surface area contributed by atoms with Crippen LogP contribution in [0.25, 0.3) is 0 Å². The lowest BCUT2D eigenvalue weighted by molar-refractivity contribution is -0.127. The minimum atomic E-state index is -0.466. The van der Waals surface area contributed by atoms with Crippen molar-refractivity contribution >= 4 is 44.8 Å². The summed E-state index contributed by atoms with van der Waals surface area (Å²) < 4.78 is 16.1. The van der Waals surface area contributed by atoms with Crippen molar-refractivity contribution in [1.82, 2.24) is 0 Å². The van der Waals surface area contributed by atoms with Gasteiger partial charge in [-0.3, -0.25) is 4.79 Å². The average Bonchev–Trinajstić information content (AvgIpc) is 2.89. The van der Waals surface area contributed by atoms with Crippen LogP contribution >= 0.6 is 27.3 Å². The summed E-state index contributed by atoms with van der Waals surface area (Å²) in [6.45, 7) is 2.75. The zero-order valence-corrected chi connectivity index (χ0v) is 14.2. The van der Waals surface area contributed by atoms with Gasteiger partial charge < -0.3 is 19.1 Å². The molecule has 2 heterocycles. The van der Waals surface area contributed by atoms with E-state index in [-0.39, 0.29) is 18.7 Å². The van der Waals surface area contributed by atoms with E-state index in [1.54, 1.807) is 17.9 Å². The predicted octanol–water partition coefficient (Wildman–Crippen LogP) is 2.41. The Balaban J connectivity index is 2.40. The van der Waals surface area contributed by atoms with Gasteiger partial charge in [0.25, 0.3) is 0 Å². The summed E-state index contributed by atoms with van der Waals surface area (Å²) in [7, 11) is 1.32. The van der Waals surface area contributed by atoms with Gasteiger partial charge in [-0.25, -0.2) is 4.79 Å². The molecule has 0 radical (unpaired) electrons. The Kier molecular flexibility index (Phi) is 5.74. The number of ether oxygens (including phenoxy) is 3. The molecule has 0 N–H and O–H groups in total. The molecule has 1 aromatic heterocycles. The molecule has 0 atom stereocenters. The van der Waals surface area contributed by atoms with Crippen LogP contribution < -0.4 is 4.90 Å². The number of anilines is 1. The third-order valence-electron chi connectivity index (χ3n) is 3.04. The van der Waals surface area contributed by atoms with Crippen molar-refractivity contribution in [2.75, 3.05) is 32.0 Å². The van der Waals surface area contributed by atoms with Gasteiger partial charge in [-0.1, -0.05) is 6.92 Å². The van der Waals surface area contributed by atoms with Crippen molar-refractivity contribution < 1.29 is 23.8 Å². The fourth-order valence-corrected chi connectivity index (χ4v) is 3.60. The van der Waals surface area contributed by atoms with E-state index in [0.717, 1.165) is 3.79 Å². The Labute approximate surface area is 135 Å². The van der Waals surface area contributed by atoms with E-state index in [0.29, 0.717) is 30.2 Å². The second-order valence-electron chi connectivity index (χ2n) is 4.39. The van der Waals surface area contributed by atoms with E-state index in [2.05, 4.69) is 15.9 Å². The standard InChI is InChI=1S/C13H16BrNO5S/c1-3-11(16)15(8-5-19-7-20-6-8)9-4-10(14)21-12(9)13(17)18-2/h4,8H,3,5-7H2,1-2H3. The third kappa shape index (κ3) is 3.63. The number of hydrogen-bond acceptors (Lipinski definition) is 6. The normalized spacial score (nSPS) is 15.8. The fourth-order valence-electron chi connectivity index (χ4n) is 2.10. The third-order valence-corrected chi connectivity index (χ3v) is 4.64. The van der Waals surface area contributed by atoms with Gasteiger partial charge in [0.15, 0.2) is 0 Å². The van der Waals surface area contributed by atoms with Crippen LogP contribution in [0.4, 0.5) is 5.69 Å². The second-order valence-corrected chi connectivity index (χ2v) is 6.82. The number of halogens is 1. The number of methoxy groups -OCH3 is 1. The molecule has 0 aromatic carbocycles. The summed E-state index contributed by atoms with van der Waals surface area (Å²) in [5.41, 5.74) is 0.532. The predicted molar refractivity (Wildman–Crippen MR) is 81.7 cm³/mol. The Morgan fingerprint density at radius 1 is 1.48 bits per heavy atom. The summed E-state index contributed by atoms with van der Waals surface area (Å²) >= 11 is 4.59. The average molecular weight is 378 g/mol. The largest absolute Gasteiger partial charge is 0.465 e. The lowest BCUT2D eigenvalue weighted by Crippen LogP contribution is -2.48. The summed E-state index contributed by atoms with van der Waals surface area (Å²) in [6.07, 6.45) is 0.324. The molecule has 21 heavy (non-hydrogen) atoms. The van der Waals surface area contributed by atoms with E-state index >= 15 is 0 Å². The lowest BCUT2D eigenvalue weighted by Gasteiger charge is -2.33. The first-order chi connectivity index (χ1) is 10.1. The van der Waals surface area contributed by atoms with Gasteiger partial charge in [0, 0.05) is 6.42 Å². The first-order valence-corrected chi connectivity index (χ1v) is 8.04. The smallest absolute Gasteiger partial charge is 0.350 e. The van der Waals surface area contributed by atoms with Crippen LogP contribution in [0.2, 0.25) is 0 Å². The van der Waals surface area contributed by atoms with Crippen LogP contribution in [0.5, 0.6) is 0 Å². The zero-order chi connectivity index (χ0) is 15.4. The molecule has 0 saturated carbocycles. The molecule has 0 unspecified atom stereocenters. The number of carbonyl (C=O) groups is 2. The van der Waals surface area contributed by atoms with Crippen molar-refractivity contribution in [3.63, 3.8) is 0 Å². The molecule has 2 rings (SSSR count). The summed E-state index contributed by atoms with van der Waals surface area (Å²) in [6, 6.07) is 1.50. The van der Waals surface area contributed by atoms with Crippen molar-refractivity contribution in [1.29, 1.82) is 0 Å². The summed E-state index contributed by atoms with van der Waals surface area (Å²) in [4.78, 5) is 26.2. The minimum absolute atomic E-state index is 0.0930. The van der Waals surface area contributed by atoms with E-state index in [1.165, 1.54) is 18.4 Å². The topological polar surface area (TPSA) is 65.1 Å². The molecule has 1 saturated heterocycles. The van der Waals surface area contributed by atoms with Crippen LogP contribution in [0.3, 0.4) is 0 Å². The van der Waals surface area contributed by atoms with E-state index in [9.17, 15) is 9.59 Å². The lowest BCUT2D eigenvalue weighted by atomic mass is 10.2. The monoisotopic (exact) mass is 377 g/mol. The number of thiophene rings is 1. The van der Waals surface area contributed by atoms with Crippen molar-refractivity contribution in [2.45, 2.75) is 19.4 Å². The Morgan fingerprint density at radius 3 is 2.71 bits per heavy atom. The highest BCUT2D eigenvalue weighted by Crippen LogP contribution is 2.36. The van der Waals surface area contributed by atoms with Gasteiger partial charge in [-0.15, -0.1) is 11.3 Å². The molecular formula is C13H16BrNO5S. The molecular weight excluding hydrogens is 362 g/mol. The van der Waals surface area contributed by atoms with Gasteiger partial charge in [0.05, 0.1) is 35.8 Å². The molecule has 8 heteroatoms. The molecule has 1 fully saturated rings. The zero-order valence-electron chi connectivity index (χ0n) is 11.8. The number of nitrogens with zero attached hydrogens (tertiary/aromatic N) is 1. The van der Waals surface area contributed by atoms with Crippen LogP contribution in [0.15, 0.2) is 9.85 Å². The number of carbonyl (C=O) groups excluding carboxylic acids is 2. The number of amides is 1. The van der Waals surface area contributed by atoms with E-state index < -0.39 is 5.97 Å². The van der Waals surface area contributed by atoms with Crippen LogP contribution in [0.1, 0.15) is 23.0 Å². The first-order valence-electron chi connectivity index (χ1n) is 6.43. The highest BCUT2D eigenvalue weighted by Gasteiger charge is 2.31. The van der Waals surface area contributed by atoms with Gasteiger partial charge in [-0.05, 0) is 22.0 Å². The Bertz CT molecular complexity index is 527. The second kappa shape index (κ2) is 7.35. The highest BCUT2D eigenvalue weighted by atomic mass is 79.9. The van der Waals surface area contributed by atoms with Crippen LogP contribution in [-0.4, -0.2) is 45.0 Å². The van der Waals surface area contributed by atoms with Gasteiger partial charge in [0.2, 0.25) is 5.91 Å². The SMILES string of the molecule is CCC(=O)N(c1cc(Br)sc1C(=O)OC)C1COCOC1.